The normalized spacial score (nSPS) is 13.8. The Labute approximate surface area is 143 Å². The molecule has 1 aliphatic carbocycles. The summed E-state index contributed by atoms with van der Waals surface area (Å²) in [4.78, 5) is 12.1. The fraction of sp³-hybridized carbons (Fsp3) is 0.158. The van der Waals surface area contributed by atoms with Crippen LogP contribution in [0.4, 0.5) is 14.5 Å². The standard InChI is InChI=1S/C19H17F2N3O/c20-13-3-1-2-11(8-13)4-7-17(22)15-9-12(10-16(21)18(15)23)19(25)24-14-5-6-14/h1-4,7-10,14,22H,5-6,23H2,(H,24,25)/b7-4+,22-17?. The maximum Gasteiger partial charge on any atom is 0.251 e. The van der Waals surface area contributed by atoms with E-state index in [4.69, 9.17) is 11.1 Å². The number of halogens is 2. The number of nitrogen functional groups attached to an aromatic ring is 1. The second-order valence-corrected chi connectivity index (χ2v) is 5.97. The van der Waals surface area contributed by atoms with Gasteiger partial charge in [-0.3, -0.25) is 4.79 Å². The van der Waals surface area contributed by atoms with Crippen LogP contribution in [0, 0.1) is 17.0 Å². The summed E-state index contributed by atoms with van der Waals surface area (Å²) in [5.74, 6) is -1.52. The Bertz CT molecular complexity index is 873. The fourth-order valence-corrected chi connectivity index (χ4v) is 2.35. The molecule has 0 unspecified atom stereocenters. The number of rotatable bonds is 5. The Morgan fingerprint density at radius 3 is 2.68 bits per heavy atom. The van der Waals surface area contributed by atoms with Gasteiger partial charge < -0.3 is 16.5 Å². The third kappa shape index (κ3) is 4.09. The number of allylic oxidation sites excluding steroid dienone is 1. The first kappa shape index (κ1) is 16.8. The van der Waals surface area contributed by atoms with Crippen LogP contribution in [0.1, 0.15) is 34.3 Å². The molecule has 1 aliphatic rings. The van der Waals surface area contributed by atoms with E-state index in [9.17, 15) is 13.6 Å². The molecular weight excluding hydrogens is 324 g/mol. The Morgan fingerprint density at radius 2 is 2.00 bits per heavy atom. The molecule has 1 fully saturated rings. The van der Waals surface area contributed by atoms with Crippen molar-refractivity contribution in [3.05, 3.63) is 70.8 Å². The van der Waals surface area contributed by atoms with Gasteiger partial charge in [-0.25, -0.2) is 8.78 Å². The predicted molar refractivity (Wildman–Crippen MR) is 93.6 cm³/mol. The van der Waals surface area contributed by atoms with Crippen LogP contribution >= 0.6 is 0 Å². The van der Waals surface area contributed by atoms with Crippen molar-refractivity contribution in [3.63, 3.8) is 0 Å². The number of carbonyl (C=O) groups excluding carboxylic acids is 1. The molecule has 0 aliphatic heterocycles. The molecule has 0 saturated heterocycles. The number of nitrogens with two attached hydrogens (primary N) is 1. The average molecular weight is 341 g/mol. The van der Waals surface area contributed by atoms with E-state index in [1.54, 1.807) is 12.1 Å². The van der Waals surface area contributed by atoms with E-state index in [1.165, 1.54) is 30.4 Å². The Kier molecular flexibility index (Phi) is 4.61. The van der Waals surface area contributed by atoms with Gasteiger partial charge in [-0.2, -0.15) is 0 Å². The summed E-state index contributed by atoms with van der Waals surface area (Å²) in [6.07, 6.45) is 4.76. The van der Waals surface area contributed by atoms with Crippen molar-refractivity contribution in [2.75, 3.05) is 5.73 Å². The number of carbonyl (C=O) groups is 1. The van der Waals surface area contributed by atoms with Crippen LogP contribution in [0.25, 0.3) is 6.08 Å². The second kappa shape index (κ2) is 6.84. The number of amides is 1. The van der Waals surface area contributed by atoms with Gasteiger partial charge in [0.1, 0.15) is 11.6 Å². The van der Waals surface area contributed by atoms with Crippen molar-refractivity contribution >= 4 is 23.4 Å². The molecule has 2 aromatic rings. The van der Waals surface area contributed by atoms with Crippen molar-refractivity contribution in [1.29, 1.82) is 5.41 Å². The topological polar surface area (TPSA) is 79.0 Å². The first-order chi connectivity index (χ1) is 11.9. The van der Waals surface area contributed by atoms with E-state index in [0.717, 1.165) is 18.9 Å². The molecule has 0 spiro atoms. The highest BCUT2D eigenvalue weighted by molar-refractivity contribution is 6.13. The summed E-state index contributed by atoms with van der Waals surface area (Å²) in [5.41, 5.74) is 6.26. The Balaban J connectivity index is 1.85. The van der Waals surface area contributed by atoms with Crippen molar-refractivity contribution in [3.8, 4) is 0 Å². The molecular formula is C19H17F2N3O. The van der Waals surface area contributed by atoms with Crippen LogP contribution < -0.4 is 11.1 Å². The monoisotopic (exact) mass is 341 g/mol. The van der Waals surface area contributed by atoms with E-state index in [2.05, 4.69) is 5.32 Å². The lowest BCUT2D eigenvalue weighted by Crippen LogP contribution is -2.26. The lowest BCUT2D eigenvalue weighted by atomic mass is 10.0. The van der Waals surface area contributed by atoms with Gasteiger partial charge in [0.2, 0.25) is 0 Å². The van der Waals surface area contributed by atoms with Gasteiger partial charge in [0.25, 0.3) is 5.91 Å². The maximum absolute atomic E-state index is 14.1. The molecule has 4 N–H and O–H groups in total. The minimum atomic E-state index is -0.748. The minimum Gasteiger partial charge on any atom is -0.396 e. The smallest absolute Gasteiger partial charge is 0.251 e. The summed E-state index contributed by atoms with van der Waals surface area (Å²) in [6, 6.07) is 8.47. The number of nitrogens with one attached hydrogen (secondary N) is 2. The fourth-order valence-electron chi connectivity index (χ4n) is 2.35. The molecule has 6 heteroatoms. The zero-order chi connectivity index (χ0) is 18.0. The maximum atomic E-state index is 14.1. The molecule has 0 atom stereocenters. The number of hydrogen-bond acceptors (Lipinski definition) is 3. The molecule has 2 aromatic carbocycles. The molecule has 0 aromatic heterocycles. The lowest BCUT2D eigenvalue weighted by Gasteiger charge is -2.10. The molecule has 3 rings (SSSR count). The summed E-state index contributed by atoms with van der Waals surface area (Å²) in [7, 11) is 0. The number of benzene rings is 2. The molecule has 128 valence electrons. The lowest BCUT2D eigenvalue weighted by molar-refractivity contribution is 0.0950. The van der Waals surface area contributed by atoms with Crippen LogP contribution in [0.15, 0.2) is 42.5 Å². The van der Waals surface area contributed by atoms with E-state index in [-0.39, 0.29) is 34.5 Å². The van der Waals surface area contributed by atoms with Crippen molar-refractivity contribution in [1.82, 2.24) is 5.32 Å². The third-order valence-electron chi connectivity index (χ3n) is 3.89. The summed E-state index contributed by atoms with van der Waals surface area (Å²) in [5, 5.41) is 10.9. The first-order valence-corrected chi connectivity index (χ1v) is 7.86. The van der Waals surface area contributed by atoms with Crippen molar-refractivity contribution in [2.24, 2.45) is 0 Å². The molecule has 1 amide bonds. The van der Waals surface area contributed by atoms with E-state index >= 15 is 0 Å². The Hall–Kier alpha value is -3.02. The SMILES string of the molecule is N=C(/C=C/c1cccc(F)c1)c1cc(C(=O)NC2CC2)cc(F)c1N. The predicted octanol–water partition coefficient (Wildman–Crippen LogP) is 3.52. The molecule has 25 heavy (non-hydrogen) atoms. The summed E-state index contributed by atoms with van der Waals surface area (Å²) >= 11 is 0. The van der Waals surface area contributed by atoms with Crippen LogP contribution in [-0.2, 0) is 0 Å². The molecule has 4 nitrogen and oxygen atoms in total. The van der Waals surface area contributed by atoms with Gasteiger partial charge in [0, 0.05) is 17.2 Å². The summed E-state index contributed by atoms with van der Waals surface area (Å²) < 4.78 is 27.2. The molecule has 0 bridgehead atoms. The van der Waals surface area contributed by atoms with E-state index in [1.807, 2.05) is 0 Å². The molecule has 0 heterocycles. The number of anilines is 1. The molecule has 1 saturated carbocycles. The highest BCUT2D eigenvalue weighted by Gasteiger charge is 2.24. The third-order valence-corrected chi connectivity index (χ3v) is 3.89. The summed E-state index contributed by atoms with van der Waals surface area (Å²) in [6.45, 7) is 0. The van der Waals surface area contributed by atoms with Gasteiger partial charge in [0.05, 0.1) is 11.4 Å². The van der Waals surface area contributed by atoms with E-state index in [0.29, 0.717) is 5.56 Å². The van der Waals surface area contributed by atoms with Crippen LogP contribution in [0.3, 0.4) is 0 Å². The minimum absolute atomic E-state index is 0.0678. The quantitative estimate of drug-likeness (QED) is 0.575. The zero-order valence-electron chi connectivity index (χ0n) is 13.4. The van der Waals surface area contributed by atoms with Crippen molar-refractivity contribution < 1.29 is 13.6 Å². The van der Waals surface area contributed by atoms with E-state index < -0.39 is 11.6 Å². The highest BCUT2D eigenvalue weighted by atomic mass is 19.1. The van der Waals surface area contributed by atoms with Gasteiger partial charge >= 0.3 is 0 Å². The Morgan fingerprint density at radius 1 is 1.24 bits per heavy atom. The van der Waals surface area contributed by atoms with Crippen LogP contribution in [0.2, 0.25) is 0 Å². The molecule has 0 radical (unpaired) electrons. The zero-order valence-corrected chi connectivity index (χ0v) is 13.4. The van der Waals surface area contributed by atoms with Gasteiger partial charge in [-0.1, -0.05) is 18.2 Å². The van der Waals surface area contributed by atoms with Crippen LogP contribution in [0.5, 0.6) is 0 Å². The van der Waals surface area contributed by atoms with Gasteiger partial charge in [0.15, 0.2) is 0 Å². The van der Waals surface area contributed by atoms with Crippen LogP contribution in [-0.4, -0.2) is 17.7 Å². The average Bonchev–Trinajstić information content (AvgIpc) is 3.39. The van der Waals surface area contributed by atoms with Gasteiger partial charge in [-0.05, 0) is 48.7 Å². The van der Waals surface area contributed by atoms with Crippen molar-refractivity contribution in [2.45, 2.75) is 18.9 Å². The largest absolute Gasteiger partial charge is 0.396 e. The van der Waals surface area contributed by atoms with Gasteiger partial charge in [-0.15, -0.1) is 0 Å². The first-order valence-electron chi connectivity index (χ1n) is 7.86. The second-order valence-electron chi connectivity index (χ2n) is 5.97. The number of hydrogen-bond donors (Lipinski definition) is 3. The highest BCUT2D eigenvalue weighted by Crippen LogP contribution is 2.23.